The van der Waals surface area contributed by atoms with E-state index in [4.69, 9.17) is 4.74 Å². The number of likely N-dealkylation sites (tertiary alicyclic amines) is 1. The highest BCUT2D eigenvalue weighted by Crippen LogP contribution is 2.57. The number of alkyl halides is 3. The lowest BCUT2D eigenvalue weighted by Crippen LogP contribution is -2.70. The summed E-state index contributed by atoms with van der Waals surface area (Å²) in [6.07, 6.45) is 1.35. The molecular weight excluding hydrogens is 309 g/mol. The number of ether oxygens (including phenoxy) is 1. The van der Waals surface area contributed by atoms with Crippen molar-refractivity contribution in [3.63, 3.8) is 0 Å². The zero-order valence-electron chi connectivity index (χ0n) is 13.5. The molecule has 23 heavy (non-hydrogen) atoms. The highest BCUT2D eigenvalue weighted by Gasteiger charge is 2.59. The van der Waals surface area contributed by atoms with E-state index in [2.05, 4.69) is 5.32 Å². The van der Waals surface area contributed by atoms with Gasteiger partial charge in [0.05, 0.1) is 12.1 Å². The molecule has 1 saturated heterocycles. The summed E-state index contributed by atoms with van der Waals surface area (Å²) < 4.78 is 43.5. The molecule has 3 fully saturated rings. The summed E-state index contributed by atoms with van der Waals surface area (Å²) in [5, 5.41) is 3.36. The first-order valence-electron chi connectivity index (χ1n) is 8.59. The van der Waals surface area contributed by atoms with Crippen LogP contribution in [0.15, 0.2) is 0 Å². The van der Waals surface area contributed by atoms with Crippen LogP contribution in [0.3, 0.4) is 0 Å². The molecule has 0 bridgehead atoms. The van der Waals surface area contributed by atoms with Crippen LogP contribution in [0.4, 0.5) is 13.2 Å². The molecule has 1 N–H and O–H groups in total. The van der Waals surface area contributed by atoms with E-state index in [0.29, 0.717) is 19.4 Å². The van der Waals surface area contributed by atoms with Crippen molar-refractivity contribution in [1.82, 2.24) is 10.2 Å². The maximum Gasteiger partial charge on any atom is 0.406 e. The second kappa shape index (κ2) is 6.24. The predicted octanol–water partition coefficient (Wildman–Crippen LogP) is 2.48. The second-order valence-electron chi connectivity index (χ2n) is 7.06. The van der Waals surface area contributed by atoms with Crippen molar-refractivity contribution in [1.29, 1.82) is 0 Å². The summed E-state index contributed by atoms with van der Waals surface area (Å²) in [5.41, 5.74) is 0.114. The van der Waals surface area contributed by atoms with Crippen LogP contribution in [-0.2, 0) is 9.53 Å². The molecule has 3 aliphatic rings. The van der Waals surface area contributed by atoms with Crippen molar-refractivity contribution in [3.05, 3.63) is 0 Å². The largest absolute Gasteiger partial charge is 0.406 e. The van der Waals surface area contributed by atoms with Gasteiger partial charge in [-0.3, -0.25) is 4.79 Å². The molecule has 0 aromatic carbocycles. The molecule has 1 heterocycles. The van der Waals surface area contributed by atoms with Gasteiger partial charge in [-0.05, 0) is 39.0 Å². The lowest BCUT2D eigenvalue weighted by molar-refractivity contribution is -0.180. The number of rotatable bonds is 5. The molecule has 3 atom stereocenters. The Morgan fingerprint density at radius 1 is 1.35 bits per heavy atom. The van der Waals surface area contributed by atoms with E-state index in [1.54, 1.807) is 0 Å². The topological polar surface area (TPSA) is 41.6 Å². The Morgan fingerprint density at radius 3 is 2.65 bits per heavy atom. The Morgan fingerprint density at radius 2 is 2.09 bits per heavy atom. The normalized spacial score (nSPS) is 33.5. The van der Waals surface area contributed by atoms with Gasteiger partial charge in [0.2, 0.25) is 5.91 Å². The first-order chi connectivity index (χ1) is 10.9. The number of amides is 1. The quantitative estimate of drug-likeness (QED) is 0.840. The molecular formula is C16H25F3N2O2. The number of hydrogen-bond acceptors (Lipinski definition) is 3. The number of carbonyl (C=O) groups excluding carboxylic acids is 1. The third-order valence-corrected chi connectivity index (χ3v) is 5.74. The van der Waals surface area contributed by atoms with Crippen molar-refractivity contribution < 1.29 is 22.7 Å². The van der Waals surface area contributed by atoms with E-state index >= 15 is 0 Å². The van der Waals surface area contributed by atoms with E-state index in [1.165, 1.54) is 6.42 Å². The highest BCUT2D eigenvalue weighted by molar-refractivity contribution is 5.82. The Kier molecular flexibility index (Phi) is 4.62. The summed E-state index contributed by atoms with van der Waals surface area (Å²) in [6.45, 7) is 1.73. The fourth-order valence-electron chi connectivity index (χ4n) is 4.38. The molecule has 1 amide bonds. The van der Waals surface area contributed by atoms with Gasteiger partial charge in [-0.15, -0.1) is 0 Å². The minimum absolute atomic E-state index is 0.114. The van der Waals surface area contributed by atoms with Crippen LogP contribution in [0.2, 0.25) is 0 Å². The molecule has 1 spiro atoms. The number of piperidine rings is 1. The zero-order chi connectivity index (χ0) is 16.7. The molecule has 132 valence electrons. The average Bonchev–Trinajstić information content (AvgIpc) is 2.38. The lowest BCUT2D eigenvalue weighted by atomic mass is 9.51. The minimum Gasteiger partial charge on any atom is -0.378 e. The molecule has 1 aliphatic heterocycles. The van der Waals surface area contributed by atoms with Crippen molar-refractivity contribution in [3.8, 4) is 0 Å². The molecule has 7 heteroatoms. The summed E-state index contributed by atoms with van der Waals surface area (Å²) in [7, 11) is 0. The van der Waals surface area contributed by atoms with E-state index in [1.807, 2.05) is 6.92 Å². The van der Waals surface area contributed by atoms with Gasteiger partial charge in [-0.25, -0.2) is 0 Å². The molecule has 0 aromatic rings. The van der Waals surface area contributed by atoms with E-state index in [-0.39, 0.29) is 24.1 Å². The first-order valence-corrected chi connectivity index (χ1v) is 8.59. The molecule has 3 unspecified atom stereocenters. The second-order valence-corrected chi connectivity index (χ2v) is 7.06. The van der Waals surface area contributed by atoms with Crippen molar-refractivity contribution >= 4 is 5.91 Å². The maximum atomic E-state index is 12.6. The Labute approximate surface area is 134 Å². The summed E-state index contributed by atoms with van der Waals surface area (Å²) >= 11 is 0. The van der Waals surface area contributed by atoms with Crippen LogP contribution in [0.1, 0.15) is 45.4 Å². The molecule has 4 nitrogen and oxygen atoms in total. The standard InChI is InChI=1S/C16H25F3N2O2/c1-2-23-13-9-12(15(13)6-4-7-15)20-11-5-3-8-21(14(11)22)10-16(17,18)19/h11-13,20H,2-10H2,1H3. The molecule has 0 radical (unpaired) electrons. The first kappa shape index (κ1) is 17.0. The Bertz CT molecular complexity index is 451. The molecule has 0 aromatic heterocycles. The van der Waals surface area contributed by atoms with E-state index in [0.717, 1.165) is 24.2 Å². The molecule has 3 rings (SSSR count). The third-order valence-electron chi connectivity index (χ3n) is 5.74. The van der Waals surface area contributed by atoms with Crippen LogP contribution < -0.4 is 5.32 Å². The summed E-state index contributed by atoms with van der Waals surface area (Å²) in [4.78, 5) is 13.3. The fraction of sp³-hybridized carbons (Fsp3) is 0.938. The monoisotopic (exact) mass is 334 g/mol. The zero-order valence-corrected chi connectivity index (χ0v) is 13.5. The van der Waals surface area contributed by atoms with Crippen LogP contribution in [0.25, 0.3) is 0 Å². The van der Waals surface area contributed by atoms with Gasteiger partial charge in [0.25, 0.3) is 0 Å². The minimum atomic E-state index is -4.33. The Balaban J connectivity index is 1.59. The number of halogens is 3. The van der Waals surface area contributed by atoms with Gasteiger partial charge in [0, 0.05) is 24.6 Å². The smallest absolute Gasteiger partial charge is 0.378 e. The number of hydrogen-bond donors (Lipinski definition) is 1. The summed E-state index contributed by atoms with van der Waals surface area (Å²) in [5.74, 6) is -0.400. The van der Waals surface area contributed by atoms with Crippen LogP contribution in [0.5, 0.6) is 0 Å². The van der Waals surface area contributed by atoms with Crippen molar-refractivity contribution in [2.75, 3.05) is 19.7 Å². The average molecular weight is 334 g/mol. The van der Waals surface area contributed by atoms with Gasteiger partial charge in [-0.2, -0.15) is 13.2 Å². The number of nitrogens with zero attached hydrogens (tertiary/aromatic N) is 1. The van der Waals surface area contributed by atoms with Crippen LogP contribution in [0, 0.1) is 5.41 Å². The van der Waals surface area contributed by atoms with E-state index in [9.17, 15) is 18.0 Å². The van der Waals surface area contributed by atoms with Gasteiger partial charge in [0.1, 0.15) is 6.54 Å². The van der Waals surface area contributed by atoms with Crippen LogP contribution >= 0.6 is 0 Å². The summed E-state index contributed by atoms with van der Waals surface area (Å²) in [6, 6.07) is -0.274. The number of carbonyl (C=O) groups is 1. The number of nitrogens with one attached hydrogen (secondary N) is 1. The molecule has 2 saturated carbocycles. The van der Waals surface area contributed by atoms with Crippen molar-refractivity contribution in [2.24, 2.45) is 5.41 Å². The Hall–Kier alpha value is -0.820. The van der Waals surface area contributed by atoms with Gasteiger partial charge in [-0.1, -0.05) is 6.42 Å². The van der Waals surface area contributed by atoms with Crippen LogP contribution in [-0.4, -0.2) is 54.9 Å². The van der Waals surface area contributed by atoms with Crippen molar-refractivity contribution in [2.45, 2.75) is 69.8 Å². The van der Waals surface area contributed by atoms with Gasteiger partial charge >= 0.3 is 6.18 Å². The third kappa shape index (κ3) is 3.22. The molecule has 2 aliphatic carbocycles. The fourth-order valence-corrected chi connectivity index (χ4v) is 4.38. The van der Waals surface area contributed by atoms with Gasteiger partial charge < -0.3 is 15.0 Å². The lowest BCUT2D eigenvalue weighted by Gasteiger charge is -2.62. The highest BCUT2D eigenvalue weighted by atomic mass is 19.4. The maximum absolute atomic E-state index is 12.6. The van der Waals surface area contributed by atoms with Gasteiger partial charge in [0.15, 0.2) is 0 Å². The van der Waals surface area contributed by atoms with E-state index < -0.39 is 24.7 Å². The predicted molar refractivity (Wildman–Crippen MR) is 78.9 cm³/mol. The SMILES string of the molecule is CCOC1CC(NC2CCCN(CC(F)(F)F)C2=O)C12CCC2.